The van der Waals surface area contributed by atoms with E-state index in [1.807, 2.05) is 30.3 Å². The zero-order valence-electron chi connectivity index (χ0n) is 17.6. The molecule has 5 rings (SSSR count). The molecule has 2 N–H and O–H groups in total. The van der Waals surface area contributed by atoms with E-state index >= 15 is 0 Å². The highest BCUT2D eigenvalue weighted by molar-refractivity contribution is 5.85. The molecule has 4 aromatic rings. The third-order valence-corrected chi connectivity index (χ3v) is 5.86. The van der Waals surface area contributed by atoms with Gasteiger partial charge in [-0.2, -0.15) is 5.10 Å². The van der Waals surface area contributed by atoms with E-state index in [0.717, 1.165) is 16.6 Å². The molecule has 1 saturated carbocycles. The molecule has 6 nitrogen and oxygen atoms in total. The minimum absolute atomic E-state index is 0.311. The van der Waals surface area contributed by atoms with Gasteiger partial charge in [0, 0.05) is 23.8 Å². The maximum atomic E-state index is 4.69. The fraction of sp³-hybridized carbons (Fsp3) is 0.292. The number of aromatic nitrogens is 4. The van der Waals surface area contributed by atoms with Crippen molar-refractivity contribution in [3.05, 3.63) is 66.1 Å². The second kappa shape index (κ2) is 7.54. The van der Waals surface area contributed by atoms with Crippen molar-refractivity contribution in [3.63, 3.8) is 0 Å². The number of nitrogens with one attached hydrogen (secondary N) is 2. The second-order valence-corrected chi connectivity index (χ2v) is 8.12. The van der Waals surface area contributed by atoms with E-state index in [0.29, 0.717) is 18.0 Å². The molecule has 0 radical (unpaired) electrons. The van der Waals surface area contributed by atoms with Crippen LogP contribution in [-0.4, -0.2) is 26.8 Å². The van der Waals surface area contributed by atoms with Crippen molar-refractivity contribution >= 4 is 22.5 Å². The first kappa shape index (κ1) is 18.8. The van der Waals surface area contributed by atoms with Crippen LogP contribution in [0.2, 0.25) is 0 Å². The van der Waals surface area contributed by atoms with Gasteiger partial charge >= 0.3 is 0 Å². The van der Waals surface area contributed by atoms with Crippen molar-refractivity contribution in [2.75, 3.05) is 12.4 Å². The predicted octanol–water partition coefficient (Wildman–Crippen LogP) is 5.16. The largest absolute Gasteiger partial charge is 0.321 e. The Kier molecular flexibility index (Phi) is 4.71. The van der Waals surface area contributed by atoms with E-state index in [-0.39, 0.29) is 0 Å². The van der Waals surface area contributed by atoms with Gasteiger partial charge < -0.3 is 10.6 Å². The molecule has 2 aromatic carbocycles. The Morgan fingerprint density at radius 2 is 1.97 bits per heavy atom. The highest BCUT2D eigenvalue weighted by Crippen LogP contribution is 2.35. The number of hydrogen-bond donors (Lipinski definition) is 2. The highest BCUT2D eigenvalue weighted by atomic mass is 15.3. The third-order valence-electron chi connectivity index (χ3n) is 5.86. The molecule has 2 aromatic heterocycles. The smallest absolute Gasteiger partial charge is 0.227 e. The molecule has 1 aliphatic rings. The summed E-state index contributed by atoms with van der Waals surface area (Å²) in [6.45, 7) is 4.32. The monoisotopic (exact) mass is 398 g/mol. The fourth-order valence-corrected chi connectivity index (χ4v) is 3.72. The van der Waals surface area contributed by atoms with Crippen molar-refractivity contribution in [1.29, 1.82) is 0 Å². The van der Waals surface area contributed by atoms with Gasteiger partial charge in [-0.1, -0.05) is 18.2 Å². The van der Waals surface area contributed by atoms with E-state index in [1.54, 1.807) is 0 Å². The van der Waals surface area contributed by atoms with Gasteiger partial charge in [0.05, 0.1) is 23.4 Å². The first-order valence-electron chi connectivity index (χ1n) is 10.5. The number of fused-ring (bicyclic) bond motifs is 1. The van der Waals surface area contributed by atoms with Gasteiger partial charge in [-0.05, 0) is 74.2 Å². The van der Waals surface area contributed by atoms with E-state index < -0.39 is 0 Å². The molecule has 0 saturated heterocycles. The third kappa shape index (κ3) is 3.66. The van der Waals surface area contributed by atoms with Crippen LogP contribution in [0.3, 0.4) is 0 Å². The maximum Gasteiger partial charge on any atom is 0.227 e. The number of nitrogens with zero attached hydrogens (tertiary/aromatic N) is 4. The lowest BCUT2D eigenvalue weighted by atomic mass is 9.95. The van der Waals surface area contributed by atoms with Crippen molar-refractivity contribution in [2.45, 2.75) is 38.8 Å². The highest BCUT2D eigenvalue weighted by Gasteiger charge is 2.24. The van der Waals surface area contributed by atoms with Crippen LogP contribution in [0.5, 0.6) is 0 Å². The lowest BCUT2D eigenvalue weighted by Gasteiger charge is -2.14. The number of benzene rings is 2. The summed E-state index contributed by atoms with van der Waals surface area (Å²) in [5, 5.41) is 12.0. The van der Waals surface area contributed by atoms with Gasteiger partial charge in [0.25, 0.3) is 0 Å². The standard InChI is InChI=1S/C24H26N6/c1-15-4-5-17(16(2)25-3)11-22(15)18-6-9-23-19(10-18)12-26-24(29-23)28-20-13-27-30(14-20)21-7-8-21/h4-6,9-14,16,21,25H,7-8H2,1-3H3,(H,26,28,29). The van der Waals surface area contributed by atoms with Crippen LogP contribution in [0.1, 0.15) is 43.0 Å². The Balaban J connectivity index is 1.43. The van der Waals surface area contributed by atoms with Gasteiger partial charge in [-0.15, -0.1) is 0 Å². The van der Waals surface area contributed by atoms with Crippen LogP contribution in [0.25, 0.3) is 22.0 Å². The molecule has 0 amide bonds. The van der Waals surface area contributed by atoms with Crippen molar-refractivity contribution in [1.82, 2.24) is 25.1 Å². The topological polar surface area (TPSA) is 67.7 Å². The Morgan fingerprint density at radius 1 is 1.10 bits per heavy atom. The zero-order valence-corrected chi connectivity index (χ0v) is 17.6. The normalized spacial score (nSPS) is 14.8. The SMILES string of the molecule is CNC(C)c1ccc(C)c(-c2ccc3nc(Nc4cnn(C5CC5)c4)ncc3c2)c1. The molecule has 1 unspecified atom stereocenters. The number of aryl methyl sites for hydroxylation is 1. The quantitative estimate of drug-likeness (QED) is 0.469. The lowest BCUT2D eigenvalue weighted by molar-refractivity contribution is 0.642. The molecule has 2 heterocycles. The van der Waals surface area contributed by atoms with Gasteiger partial charge in [-0.3, -0.25) is 4.68 Å². The molecule has 0 spiro atoms. The van der Waals surface area contributed by atoms with E-state index in [4.69, 9.17) is 0 Å². The number of hydrogen-bond acceptors (Lipinski definition) is 5. The molecular formula is C24H26N6. The first-order chi connectivity index (χ1) is 14.6. The summed E-state index contributed by atoms with van der Waals surface area (Å²) >= 11 is 0. The summed E-state index contributed by atoms with van der Waals surface area (Å²) < 4.78 is 2.01. The van der Waals surface area contributed by atoms with Gasteiger partial charge in [0.15, 0.2) is 0 Å². The van der Waals surface area contributed by atoms with Crippen LogP contribution < -0.4 is 10.6 Å². The molecule has 1 atom stereocenters. The van der Waals surface area contributed by atoms with Gasteiger partial charge in [-0.25, -0.2) is 9.97 Å². The summed E-state index contributed by atoms with van der Waals surface area (Å²) in [6, 6.07) is 13.9. The van der Waals surface area contributed by atoms with E-state index in [2.05, 4.69) is 75.9 Å². The van der Waals surface area contributed by atoms with Crippen molar-refractivity contribution < 1.29 is 0 Å². The summed E-state index contributed by atoms with van der Waals surface area (Å²) in [6.07, 6.45) is 8.17. The fourth-order valence-electron chi connectivity index (χ4n) is 3.72. The summed E-state index contributed by atoms with van der Waals surface area (Å²) in [4.78, 5) is 9.21. The summed E-state index contributed by atoms with van der Waals surface area (Å²) in [7, 11) is 1.99. The van der Waals surface area contributed by atoms with Crippen LogP contribution in [0.15, 0.2) is 55.0 Å². The van der Waals surface area contributed by atoms with E-state index in [9.17, 15) is 0 Å². The zero-order chi connectivity index (χ0) is 20.7. The molecule has 6 heteroatoms. The van der Waals surface area contributed by atoms with Gasteiger partial charge in [0.1, 0.15) is 0 Å². The molecule has 0 aliphatic heterocycles. The molecule has 0 bridgehead atoms. The first-order valence-corrected chi connectivity index (χ1v) is 10.5. The predicted molar refractivity (Wildman–Crippen MR) is 121 cm³/mol. The minimum atomic E-state index is 0.311. The second-order valence-electron chi connectivity index (χ2n) is 8.12. The van der Waals surface area contributed by atoms with Crippen molar-refractivity contribution in [3.8, 4) is 11.1 Å². The molecule has 1 fully saturated rings. The molecular weight excluding hydrogens is 372 g/mol. The van der Waals surface area contributed by atoms with Crippen LogP contribution in [0.4, 0.5) is 11.6 Å². The van der Waals surface area contributed by atoms with Gasteiger partial charge in [0.2, 0.25) is 5.95 Å². The Labute approximate surface area is 176 Å². The molecule has 1 aliphatic carbocycles. The molecule has 30 heavy (non-hydrogen) atoms. The number of rotatable bonds is 6. The minimum Gasteiger partial charge on any atom is -0.321 e. The number of anilines is 2. The van der Waals surface area contributed by atoms with Crippen LogP contribution >= 0.6 is 0 Å². The lowest BCUT2D eigenvalue weighted by Crippen LogP contribution is -2.12. The van der Waals surface area contributed by atoms with Crippen LogP contribution in [0, 0.1) is 6.92 Å². The Morgan fingerprint density at radius 3 is 2.77 bits per heavy atom. The van der Waals surface area contributed by atoms with Crippen LogP contribution in [-0.2, 0) is 0 Å². The maximum absolute atomic E-state index is 4.69. The molecule has 152 valence electrons. The Bertz CT molecular complexity index is 1210. The summed E-state index contributed by atoms with van der Waals surface area (Å²) in [5.74, 6) is 0.589. The van der Waals surface area contributed by atoms with E-state index in [1.165, 1.54) is 35.1 Å². The summed E-state index contributed by atoms with van der Waals surface area (Å²) in [5.41, 5.74) is 6.80. The average Bonchev–Trinajstić information content (AvgIpc) is 3.52. The van der Waals surface area contributed by atoms with Crippen molar-refractivity contribution in [2.24, 2.45) is 0 Å². The Hall–Kier alpha value is -3.25. The average molecular weight is 399 g/mol.